The van der Waals surface area contributed by atoms with Gasteiger partial charge in [-0.1, -0.05) is 35.9 Å². The Balaban J connectivity index is 2.10. The van der Waals surface area contributed by atoms with Crippen LogP contribution in [0.5, 0.6) is 0 Å². The van der Waals surface area contributed by atoms with E-state index in [4.69, 9.17) is 11.6 Å². The molecule has 0 bridgehead atoms. The molecule has 0 spiro atoms. The molecule has 0 saturated heterocycles. The second-order valence-electron chi connectivity index (χ2n) is 6.33. The zero-order chi connectivity index (χ0) is 18.1. The van der Waals surface area contributed by atoms with Gasteiger partial charge in [-0.15, -0.1) is 0 Å². The Morgan fingerprint density at radius 3 is 2.28 bits per heavy atom. The lowest BCUT2D eigenvalue weighted by molar-refractivity contribution is -0.138. The van der Waals surface area contributed by atoms with Crippen LogP contribution in [0.2, 0.25) is 5.02 Å². The van der Waals surface area contributed by atoms with Crippen LogP contribution in [0.25, 0.3) is 5.57 Å². The van der Waals surface area contributed by atoms with Gasteiger partial charge in [0.15, 0.2) is 0 Å². The van der Waals surface area contributed by atoms with E-state index in [1.54, 1.807) is 24.3 Å². The van der Waals surface area contributed by atoms with Gasteiger partial charge in [0.05, 0.1) is 5.57 Å². The first-order valence-corrected chi connectivity index (χ1v) is 8.48. The van der Waals surface area contributed by atoms with Crippen molar-refractivity contribution in [3.05, 3.63) is 70.4 Å². The van der Waals surface area contributed by atoms with E-state index in [1.165, 1.54) is 4.90 Å². The Bertz CT molecular complexity index is 870. The van der Waals surface area contributed by atoms with Crippen LogP contribution in [-0.2, 0) is 9.59 Å². The van der Waals surface area contributed by atoms with Crippen molar-refractivity contribution in [2.24, 2.45) is 0 Å². The molecule has 0 unspecified atom stereocenters. The maximum absolute atomic E-state index is 12.9. The highest BCUT2D eigenvalue weighted by atomic mass is 35.5. The third kappa shape index (κ3) is 3.30. The van der Waals surface area contributed by atoms with Crippen LogP contribution in [0.1, 0.15) is 25.0 Å². The number of rotatable bonds is 4. The summed E-state index contributed by atoms with van der Waals surface area (Å²) in [6, 6.07) is 14.4. The number of hydrogen-bond donors (Lipinski definition) is 1. The molecule has 1 aliphatic rings. The SMILES string of the molecule is Cc1cccc(NC2=C(c3ccc(Cl)cc3)C(=O)N(C(C)C)C2=O)c1. The van der Waals surface area contributed by atoms with Crippen molar-refractivity contribution in [3.63, 3.8) is 0 Å². The summed E-state index contributed by atoms with van der Waals surface area (Å²) in [5.74, 6) is -0.607. The van der Waals surface area contributed by atoms with Crippen molar-refractivity contribution in [1.82, 2.24) is 4.90 Å². The number of nitrogens with one attached hydrogen (secondary N) is 1. The molecule has 0 fully saturated rings. The third-order valence-electron chi connectivity index (χ3n) is 4.05. The highest BCUT2D eigenvalue weighted by Gasteiger charge is 2.40. The highest BCUT2D eigenvalue weighted by Crippen LogP contribution is 2.32. The number of anilines is 1. The summed E-state index contributed by atoms with van der Waals surface area (Å²) in [6.45, 7) is 5.62. The molecule has 1 heterocycles. The molecule has 2 aromatic carbocycles. The smallest absolute Gasteiger partial charge is 0.278 e. The van der Waals surface area contributed by atoms with Gasteiger partial charge in [0.25, 0.3) is 11.8 Å². The van der Waals surface area contributed by atoms with Crippen LogP contribution in [0.15, 0.2) is 54.2 Å². The molecule has 5 heteroatoms. The lowest BCUT2D eigenvalue weighted by Crippen LogP contribution is -2.38. The van der Waals surface area contributed by atoms with Crippen LogP contribution in [0.3, 0.4) is 0 Å². The average molecular weight is 355 g/mol. The maximum Gasteiger partial charge on any atom is 0.278 e. The number of aryl methyl sites for hydroxylation is 1. The summed E-state index contributed by atoms with van der Waals surface area (Å²) in [7, 11) is 0. The molecule has 4 nitrogen and oxygen atoms in total. The number of carbonyl (C=O) groups excluding carboxylic acids is 2. The number of nitrogens with zero attached hydrogens (tertiary/aromatic N) is 1. The zero-order valence-corrected chi connectivity index (χ0v) is 15.1. The summed E-state index contributed by atoms with van der Waals surface area (Å²) in [5.41, 5.74) is 3.17. The standard InChI is InChI=1S/C20H19ClN2O2/c1-12(2)23-19(24)17(14-7-9-15(21)10-8-14)18(20(23)25)22-16-6-4-5-13(3)11-16/h4-12,22H,1-3H3. The van der Waals surface area contributed by atoms with Gasteiger partial charge < -0.3 is 5.32 Å². The van der Waals surface area contributed by atoms with Crippen molar-refractivity contribution < 1.29 is 9.59 Å². The number of hydrogen-bond acceptors (Lipinski definition) is 3. The van der Waals surface area contributed by atoms with E-state index in [0.717, 1.165) is 11.3 Å². The van der Waals surface area contributed by atoms with Crippen molar-refractivity contribution >= 4 is 34.7 Å². The van der Waals surface area contributed by atoms with Gasteiger partial charge in [0.2, 0.25) is 0 Å². The second kappa shape index (κ2) is 6.73. The lowest BCUT2D eigenvalue weighted by Gasteiger charge is -2.19. The molecule has 1 aliphatic heterocycles. The van der Waals surface area contributed by atoms with Crippen LogP contribution >= 0.6 is 11.6 Å². The Kier molecular flexibility index (Phi) is 4.64. The number of imide groups is 1. The fourth-order valence-corrected chi connectivity index (χ4v) is 3.01. The van der Waals surface area contributed by atoms with E-state index in [-0.39, 0.29) is 17.9 Å². The third-order valence-corrected chi connectivity index (χ3v) is 4.30. The van der Waals surface area contributed by atoms with E-state index in [0.29, 0.717) is 21.9 Å². The van der Waals surface area contributed by atoms with Gasteiger partial charge >= 0.3 is 0 Å². The second-order valence-corrected chi connectivity index (χ2v) is 6.76. The fraction of sp³-hybridized carbons (Fsp3) is 0.200. The van der Waals surface area contributed by atoms with Gasteiger partial charge in [-0.05, 0) is 56.2 Å². The Hall–Kier alpha value is -2.59. The van der Waals surface area contributed by atoms with Crippen molar-refractivity contribution in [3.8, 4) is 0 Å². The van der Waals surface area contributed by atoms with Crippen LogP contribution < -0.4 is 5.32 Å². The predicted molar refractivity (Wildman–Crippen MR) is 100 cm³/mol. The molecule has 0 aliphatic carbocycles. The first-order chi connectivity index (χ1) is 11.9. The molecule has 0 radical (unpaired) electrons. The minimum atomic E-state index is -0.313. The molecule has 0 atom stereocenters. The molecule has 3 rings (SSSR count). The quantitative estimate of drug-likeness (QED) is 0.835. The van der Waals surface area contributed by atoms with Gasteiger partial charge in [-0.2, -0.15) is 0 Å². The van der Waals surface area contributed by atoms with Crippen molar-refractivity contribution in [2.45, 2.75) is 26.8 Å². The molecule has 2 amide bonds. The minimum absolute atomic E-state index is 0.223. The molecule has 2 aromatic rings. The molecule has 128 valence electrons. The Labute approximate surface area is 152 Å². The number of benzene rings is 2. The van der Waals surface area contributed by atoms with E-state index in [2.05, 4.69) is 5.32 Å². The Morgan fingerprint density at radius 1 is 1.00 bits per heavy atom. The first-order valence-electron chi connectivity index (χ1n) is 8.10. The summed E-state index contributed by atoms with van der Waals surface area (Å²) in [4.78, 5) is 27.0. The summed E-state index contributed by atoms with van der Waals surface area (Å²) in [6.07, 6.45) is 0. The van der Waals surface area contributed by atoms with Gasteiger partial charge in [0, 0.05) is 16.8 Å². The molecular weight excluding hydrogens is 336 g/mol. The fourth-order valence-electron chi connectivity index (χ4n) is 2.88. The summed E-state index contributed by atoms with van der Waals surface area (Å²) in [5, 5.41) is 3.72. The van der Waals surface area contributed by atoms with E-state index < -0.39 is 0 Å². The average Bonchev–Trinajstić information content (AvgIpc) is 2.79. The lowest BCUT2D eigenvalue weighted by atomic mass is 10.0. The van der Waals surface area contributed by atoms with Crippen LogP contribution in [0, 0.1) is 6.92 Å². The zero-order valence-electron chi connectivity index (χ0n) is 14.3. The number of amides is 2. The molecule has 25 heavy (non-hydrogen) atoms. The first kappa shape index (κ1) is 17.2. The number of carbonyl (C=O) groups is 2. The highest BCUT2D eigenvalue weighted by molar-refractivity contribution is 6.37. The van der Waals surface area contributed by atoms with E-state index >= 15 is 0 Å². The van der Waals surface area contributed by atoms with Gasteiger partial charge in [-0.3, -0.25) is 14.5 Å². The minimum Gasteiger partial charge on any atom is -0.350 e. The largest absolute Gasteiger partial charge is 0.350 e. The topological polar surface area (TPSA) is 49.4 Å². The van der Waals surface area contributed by atoms with Crippen molar-refractivity contribution in [2.75, 3.05) is 5.32 Å². The monoisotopic (exact) mass is 354 g/mol. The molecular formula is C20H19ClN2O2. The normalized spacial score (nSPS) is 14.7. The predicted octanol–water partition coefficient (Wildman–Crippen LogP) is 4.25. The van der Waals surface area contributed by atoms with Crippen molar-refractivity contribution in [1.29, 1.82) is 0 Å². The summed E-state index contributed by atoms with van der Waals surface area (Å²) >= 11 is 5.95. The van der Waals surface area contributed by atoms with Gasteiger partial charge in [-0.25, -0.2) is 0 Å². The van der Waals surface area contributed by atoms with Crippen LogP contribution in [0.4, 0.5) is 5.69 Å². The van der Waals surface area contributed by atoms with E-state index in [1.807, 2.05) is 45.0 Å². The molecule has 1 N–H and O–H groups in total. The molecule has 0 aromatic heterocycles. The number of halogens is 1. The molecule has 0 saturated carbocycles. The van der Waals surface area contributed by atoms with Gasteiger partial charge in [0.1, 0.15) is 5.70 Å². The summed E-state index contributed by atoms with van der Waals surface area (Å²) < 4.78 is 0. The van der Waals surface area contributed by atoms with E-state index in [9.17, 15) is 9.59 Å². The Morgan fingerprint density at radius 2 is 1.68 bits per heavy atom. The van der Waals surface area contributed by atoms with Crippen LogP contribution in [-0.4, -0.2) is 22.8 Å². The maximum atomic E-state index is 12.9.